The molecule has 1 aromatic carbocycles. The Morgan fingerprint density at radius 3 is 2.62 bits per heavy atom. The van der Waals surface area contributed by atoms with E-state index in [9.17, 15) is 9.59 Å². The van der Waals surface area contributed by atoms with Gasteiger partial charge in [0, 0.05) is 37.8 Å². The van der Waals surface area contributed by atoms with Crippen molar-refractivity contribution in [2.75, 3.05) is 39.0 Å². The van der Waals surface area contributed by atoms with Crippen LogP contribution < -0.4 is 5.56 Å². The first-order valence-electron chi connectivity index (χ1n) is 7.88. The standard InChI is InChI=1S/C17H20N4O2S/c1-20-7-9-21(10-8-20)16(23)12-24-17-18-14(11-15(22)19-17)13-5-3-2-4-6-13/h2-6,11H,7-10,12H2,1H3,(H,18,19,22). The van der Waals surface area contributed by atoms with Crippen LogP contribution in [-0.2, 0) is 4.79 Å². The van der Waals surface area contributed by atoms with E-state index >= 15 is 0 Å². The summed E-state index contributed by atoms with van der Waals surface area (Å²) in [6.45, 7) is 3.30. The summed E-state index contributed by atoms with van der Waals surface area (Å²) in [4.78, 5) is 35.4. The van der Waals surface area contributed by atoms with Gasteiger partial charge in [-0.3, -0.25) is 9.59 Å². The molecule has 2 aromatic rings. The molecule has 1 amide bonds. The lowest BCUT2D eigenvalue weighted by Crippen LogP contribution is -2.47. The molecule has 1 aliphatic rings. The Labute approximate surface area is 144 Å². The van der Waals surface area contributed by atoms with Gasteiger partial charge in [-0.05, 0) is 7.05 Å². The number of piperazine rings is 1. The van der Waals surface area contributed by atoms with Gasteiger partial charge in [0.2, 0.25) is 5.91 Å². The lowest BCUT2D eigenvalue weighted by Gasteiger charge is -2.32. The van der Waals surface area contributed by atoms with Crippen LogP contribution in [0.15, 0.2) is 46.3 Å². The lowest BCUT2D eigenvalue weighted by molar-refractivity contribution is -0.129. The number of aromatic nitrogens is 2. The molecule has 1 aliphatic heterocycles. The number of aromatic amines is 1. The summed E-state index contributed by atoms with van der Waals surface area (Å²) in [6.07, 6.45) is 0. The summed E-state index contributed by atoms with van der Waals surface area (Å²) in [5.74, 6) is 0.367. The van der Waals surface area contributed by atoms with Crippen LogP contribution in [0.25, 0.3) is 11.3 Å². The van der Waals surface area contributed by atoms with Crippen molar-refractivity contribution in [1.82, 2.24) is 19.8 Å². The molecule has 0 unspecified atom stereocenters. The minimum absolute atomic E-state index is 0.0841. The molecule has 0 atom stereocenters. The third kappa shape index (κ3) is 4.24. The average molecular weight is 344 g/mol. The van der Waals surface area contributed by atoms with Gasteiger partial charge in [0.05, 0.1) is 11.4 Å². The number of thioether (sulfide) groups is 1. The number of carbonyl (C=O) groups is 1. The second-order valence-electron chi connectivity index (χ2n) is 5.77. The van der Waals surface area contributed by atoms with Gasteiger partial charge >= 0.3 is 0 Å². The van der Waals surface area contributed by atoms with Crippen LogP contribution >= 0.6 is 11.8 Å². The average Bonchev–Trinajstić information content (AvgIpc) is 2.60. The molecular weight excluding hydrogens is 324 g/mol. The number of hydrogen-bond acceptors (Lipinski definition) is 5. The van der Waals surface area contributed by atoms with Gasteiger partial charge in [0.25, 0.3) is 5.56 Å². The summed E-state index contributed by atoms with van der Waals surface area (Å²) < 4.78 is 0. The fourth-order valence-corrected chi connectivity index (χ4v) is 3.32. The smallest absolute Gasteiger partial charge is 0.252 e. The third-order valence-electron chi connectivity index (χ3n) is 3.98. The van der Waals surface area contributed by atoms with Crippen LogP contribution in [0.2, 0.25) is 0 Å². The number of hydrogen-bond donors (Lipinski definition) is 1. The molecule has 1 fully saturated rings. The molecule has 1 saturated heterocycles. The minimum Gasteiger partial charge on any atom is -0.339 e. The van der Waals surface area contributed by atoms with Crippen molar-refractivity contribution < 1.29 is 4.79 Å². The molecule has 126 valence electrons. The zero-order valence-corrected chi connectivity index (χ0v) is 14.4. The van der Waals surface area contributed by atoms with Crippen molar-refractivity contribution in [3.63, 3.8) is 0 Å². The Hall–Kier alpha value is -2.12. The van der Waals surface area contributed by atoms with E-state index < -0.39 is 0 Å². The SMILES string of the molecule is CN1CCN(C(=O)CSc2nc(-c3ccccc3)cc(=O)[nH]2)CC1. The molecule has 0 saturated carbocycles. The number of H-pyrrole nitrogens is 1. The lowest BCUT2D eigenvalue weighted by atomic mass is 10.1. The summed E-state index contributed by atoms with van der Waals surface area (Å²) in [7, 11) is 2.06. The zero-order chi connectivity index (χ0) is 16.9. The fraction of sp³-hybridized carbons (Fsp3) is 0.353. The molecule has 0 aliphatic carbocycles. The second-order valence-corrected chi connectivity index (χ2v) is 6.74. The Morgan fingerprint density at radius 2 is 1.92 bits per heavy atom. The van der Waals surface area contributed by atoms with Crippen LogP contribution in [0.1, 0.15) is 0 Å². The van der Waals surface area contributed by atoms with Crippen molar-refractivity contribution >= 4 is 17.7 Å². The van der Waals surface area contributed by atoms with Gasteiger partial charge < -0.3 is 14.8 Å². The topological polar surface area (TPSA) is 69.3 Å². The Kier molecular flexibility index (Phi) is 5.32. The van der Waals surface area contributed by atoms with E-state index in [1.54, 1.807) is 0 Å². The summed E-state index contributed by atoms with van der Waals surface area (Å²) in [5, 5.41) is 0.476. The van der Waals surface area contributed by atoms with Crippen LogP contribution in [0.3, 0.4) is 0 Å². The maximum Gasteiger partial charge on any atom is 0.252 e. The van der Waals surface area contributed by atoms with E-state index in [0.717, 1.165) is 31.7 Å². The number of likely N-dealkylation sites (N-methyl/N-ethyl adjacent to an activating group) is 1. The van der Waals surface area contributed by atoms with E-state index in [2.05, 4.69) is 21.9 Å². The molecule has 0 spiro atoms. The largest absolute Gasteiger partial charge is 0.339 e. The molecule has 0 bridgehead atoms. The number of nitrogens with one attached hydrogen (secondary N) is 1. The molecule has 1 N–H and O–H groups in total. The minimum atomic E-state index is -0.210. The van der Waals surface area contributed by atoms with Crippen molar-refractivity contribution in [1.29, 1.82) is 0 Å². The molecule has 7 heteroatoms. The van der Waals surface area contributed by atoms with Gasteiger partial charge in [0.15, 0.2) is 5.16 Å². The van der Waals surface area contributed by atoms with Crippen LogP contribution in [0.4, 0.5) is 0 Å². The van der Waals surface area contributed by atoms with Gasteiger partial charge in [-0.1, -0.05) is 42.1 Å². The molecule has 24 heavy (non-hydrogen) atoms. The van der Waals surface area contributed by atoms with Gasteiger partial charge in [-0.15, -0.1) is 0 Å². The molecule has 6 nitrogen and oxygen atoms in total. The predicted octanol–water partition coefficient (Wildman–Crippen LogP) is 1.30. The first-order chi connectivity index (χ1) is 11.6. The summed E-state index contributed by atoms with van der Waals surface area (Å²) in [6, 6.07) is 11.0. The maximum absolute atomic E-state index is 12.3. The third-order valence-corrected chi connectivity index (χ3v) is 4.84. The summed E-state index contributed by atoms with van der Waals surface area (Å²) in [5.41, 5.74) is 1.29. The highest BCUT2D eigenvalue weighted by Crippen LogP contribution is 2.19. The zero-order valence-electron chi connectivity index (χ0n) is 13.6. The Bertz CT molecular complexity index is 755. The molecular formula is C17H20N4O2S. The number of amides is 1. The first kappa shape index (κ1) is 16.7. The predicted molar refractivity (Wildman–Crippen MR) is 95.1 cm³/mol. The highest BCUT2D eigenvalue weighted by atomic mass is 32.2. The normalized spacial score (nSPS) is 15.5. The molecule has 3 rings (SSSR count). The summed E-state index contributed by atoms with van der Waals surface area (Å²) >= 11 is 1.27. The van der Waals surface area contributed by atoms with Crippen molar-refractivity contribution in [3.05, 3.63) is 46.8 Å². The second kappa shape index (κ2) is 7.63. The highest BCUT2D eigenvalue weighted by Gasteiger charge is 2.19. The van der Waals surface area contributed by atoms with Crippen molar-refractivity contribution in [2.45, 2.75) is 5.16 Å². The number of nitrogens with zero attached hydrogens (tertiary/aromatic N) is 3. The quantitative estimate of drug-likeness (QED) is 0.669. The van der Waals surface area contributed by atoms with Crippen LogP contribution in [0.5, 0.6) is 0 Å². The highest BCUT2D eigenvalue weighted by molar-refractivity contribution is 7.99. The monoisotopic (exact) mass is 344 g/mol. The van der Waals surface area contributed by atoms with E-state index in [1.165, 1.54) is 17.8 Å². The first-order valence-corrected chi connectivity index (χ1v) is 8.86. The van der Waals surface area contributed by atoms with E-state index in [-0.39, 0.29) is 17.2 Å². The number of rotatable bonds is 4. The van der Waals surface area contributed by atoms with Gasteiger partial charge in [0.1, 0.15) is 0 Å². The fourth-order valence-electron chi connectivity index (χ4n) is 2.54. The van der Waals surface area contributed by atoms with Crippen LogP contribution in [-0.4, -0.2) is 64.7 Å². The van der Waals surface area contributed by atoms with Gasteiger partial charge in [-0.2, -0.15) is 0 Å². The Balaban J connectivity index is 1.66. The van der Waals surface area contributed by atoms with Crippen molar-refractivity contribution in [3.8, 4) is 11.3 Å². The molecule has 2 heterocycles. The molecule has 1 aromatic heterocycles. The number of carbonyl (C=O) groups excluding carboxylic acids is 1. The van der Waals surface area contributed by atoms with E-state index in [1.807, 2.05) is 35.2 Å². The Morgan fingerprint density at radius 1 is 1.21 bits per heavy atom. The van der Waals surface area contributed by atoms with E-state index in [0.29, 0.717) is 10.9 Å². The van der Waals surface area contributed by atoms with Crippen molar-refractivity contribution in [2.24, 2.45) is 0 Å². The maximum atomic E-state index is 12.3. The molecule has 0 radical (unpaired) electrons. The van der Waals surface area contributed by atoms with Gasteiger partial charge in [-0.25, -0.2) is 4.98 Å². The van der Waals surface area contributed by atoms with E-state index in [4.69, 9.17) is 0 Å². The van der Waals surface area contributed by atoms with Crippen LogP contribution in [0, 0.1) is 0 Å². The number of benzene rings is 1.